The minimum atomic E-state index is -4.60. The first-order valence-electron chi connectivity index (χ1n) is 8.30. The number of carbonyl (C=O) groups is 2. The van der Waals surface area contributed by atoms with Gasteiger partial charge in [-0.2, -0.15) is 18.2 Å². The van der Waals surface area contributed by atoms with Gasteiger partial charge >= 0.3 is 12.1 Å². The molecule has 0 aliphatic carbocycles. The van der Waals surface area contributed by atoms with Crippen molar-refractivity contribution < 1.29 is 32.6 Å². The molecule has 10 heteroatoms. The van der Waals surface area contributed by atoms with Gasteiger partial charge in [0.15, 0.2) is 4.80 Å². The zero-order valence-electron chi connectivity index (χ0n) is 15.2. The minimum Gasteiger partial charge on any atom is -0.495 e. The van der Waals surface area contributed by atoms with Crippen LogP contribution >= 0.6 is 11.3 Å². The molecule has 1 unspecified atom stereocenters. The van der Waals surface area contributed by atoms with Crippen molar-refractivity contribution in [3.63, 3.8) is 0 Å². The fourth-order valence-electron chi connectivity index (χ4n) is 2.74. The van der Waals surface area contributed by atoms with Crippen molar-refractivity contribution in [3.8, 4) is 5.75 Å². The first-order chi connectivity index (χ1) is 13.6. The van der Waals surface area contributed by atoms with Gasteiger partial charge in [0.05, 0.1) is 22.9 Å². The summed E-state index contributed by atoms with van der Waals surface area (Å²) in [5, 5.41) is 9.44. The van der Waals surface area contributed by atoms with Crippen molar-refractivity contribution in [1.82, 2.24) is 4.57 Å². The van der Waals surface area contributed by atoms with Gasteiger partial charge in [0, 0.05) is 5.56 Å². The topological polar surface area (TPSA) is 80.9 Å². The Kier molecular flexibility index (Phi) is 5.47. The molecule has 0 fully saturated rings. The molecule has 1 atom stereocenters. The Hall–Kier alpha value is -3.14. The average molecular weight is 424 g/mol. The Labute approximate surface area is 166 Å². The summed E-state index contributed by atoms with van der Waals surface area (Å²) in [5.74, 6) is -1.60. The Balaban J connectivity index is 2.21. The number of aromatic nitrogens is 1. The monoisotopic (exact) mass is 424 g/mol. The fraction of sp³-hybridized carbons (Fsp3) is 0.211. The zero-order valence-corrected chi connectivity index (χ0v) is 16.0. The summed E-state index contributed by atoms with van der Waals surface area (Å²) in [6.07, 6.45) is -4.60. The number of carbonyl (C=O) groups excluding carboxylic acids is 1. The highest BCUT2D eigenvalue weighted by molar-refractivity contribution is 7.16. The van der Waals surface area contributed by atoms with E-state index in [2.05, 4.69) is 4.99 Å². The molecule has 0 saturated heterocycles. The second-order valence-electron chi connectivity index (χ2n) is 6.07. The molecule has 0 radical (unpaired) electrons. The van der Waals surface area contributed by atoms with Crippen LogP contribution in [0.1, 0.15) is 28.9 Å². The Morgan fingerprint density at radius 3 is 2.52 bits per heavy atom. The molecule has 0 saturated carbocycles. The maximum atomic E-state index is 12.9. The van der Waals surface area contributed by atoms with E-state index in [0.717, 1.165) is 23.5 Å². The quantitative estimate of drug-likeness (QED) is 0.683. The van der Waals surface area contributed by atoms with Gasteiger partial charge in [-0.25, -0.2) is 4.79 Å². The number of aliphatic carboxylic acids is 1. The number of halogens is 3. The maximum absolute atomic E-state index is 12.9. The number of ether oxygens (including phenoxy) is 1. The van der Waals surface area contributed by atoms with E-state index in [-0.39, 0.29) is 10.4 Å². The van der Waals surface area contributed by atoms with Crippen LogP contribution in [0, 0.1) is 0 Å². The van der Waals surface area contributed by atoms with Crippen LogP contribution in [0.15, 0.2) is 47.5 Å². The molecule has 152 valence electrons. The van der Waals surface area contributed by atoms with Crippen molar-refractivity contribution >= 4 is 33.4 Å². The van der Waals surface area contributed by atoms with Crippen LogP contribution in [0.25, 0.3) is 10.2 Å². The van der Waals surface area contributed by atoms with Crippen LogP contribution in [0.4, 0.5) is 13.2 Å². The lowest BCUT2D eigenvalue weighted by atomic mass is 10.1. The van der Waals surface area contributed by atoms with Gasteiger partial charge in [-0.05, 0) is 37.3 Å². The molecule has 2 aromatic carbocycles. The summed E-state index contributed by atoms with van der Waals surface area (Å²) >= 11 is 1.02. The lowest BCUT2D eigenvalue weighted by molar-refractivity contribution is -0.140. The van der Waals surface area contributed by atoms with E-state index in [9.17, 15) is 27.9 Å². The van der Waals surface area contributed by atoms with Crippen molar-refractivity contribution in [1.29, 1.82) is 0 Å². The number of thiazole rings is 1. The normalized spacial score (nSPS) is 13.5. The lowest BCUT2D eigenvalue weighted by Crippen LogP contribution is -2.25. The standard InChI is InChI=1S/C19H15F3N2O4S/c1-10(17(26)27)24-13-7-4-8-14(28-2)15(13)29-18(24)23-16(25)11-5-3-6-12(9-11)19(20,21)22/h3-10H,1-2H3,(H,26,27). The van der Waals surface area contributed by atoms with Gasteiger partial charge in [-0.3, -0.25) is 4.79 Å². The lowest BCUT2D eigenvalue weighted by Gasteiger charge is -2.10. The highest BCUT2D eigenvalue weighted by atomic mass is 32.1. The molecule has 1 heterocycles. The predicted octanol–water partition coefficient (Wildman–Crippen LogP) is 4.12. The highest BCUT2D eigenvalue weighted by Crippen LogP contribution is 2.31. The number of rotatable bonds is 4. The summed E-state index contributed by atoms with van der Waals surface area (Å²) in [7, 11) is 1.45. The molecule has 0 bridgehead atoms. The zero-order chi connectivity index (χ0) is 21.3. The minimum absolute atomic E-state index is 0.0433. The summed E-state index contributed by atoms with van der Waals surface area (Å²) in [4.78, 5) is 28.1. The van der Waals surface area contributed by atoms with Gasteiger partial charge in [0.1, 0.15) is 11.8 Å². The number of carboxylic acids is 1. The van der Waals surface area contributed by atoms with Gasteiger partial charge in [0.2, 0.25) is 0 Å². The Morgan fingerprint density at radius 2 is 1.90 bits per heavy atom. The van der Waals surface area contributed by atoms with Gasteiger partial charge in [0.25, 0.3) is 5.91 Å². The van der Waals surface area contributed by atoms with E-state index >= 15 is 0 Å². The van der Waals surface area contributed by atoms with Gasteiger partial charge in [-0.1, -0.05) is 23.5 Å². The largest absolute Gasteiger partial charge is 0.495 e. The van der Waals surface area contributed by atoms with Crippen molar-refractivity contribution in [2.24, 2.45) is 4.99 Å². The van der Waals surface area contributed by atoms with E-state index in [0.29, 0.717) is 22.0 Å². The van der Waals surface area contributed by atoms with E-state index in [4.69, 9.17) is 4.74 Å². The number of hydrogen-bond donors (Lipinski definition) is 1. The second kappa shape index (κ2) is 7.70. The number of carboxylic acid groups (broad SMARTS) is 1. The first-order valence-corrected chi connectivity index (χ1v) is 9.12. The van der Waals surface area contributed by atoms with E-state index < -0.39 is 29.7 Å². The first kappa shape index (κ1) is 20.6. The third kappa shape index (κ3) is 4.02. The number of hydrogen-bond acceptors (Lipinski definition) is 4. The second-order valence-corrected chi connectivity index (χ2v) is 7.05. The van der Waals surface area contributed by atoms with E-state index in [1.807, 2.05) is 0 Å². The smallest absolute Gasteiger partial charge is 0.416 e. The molecule has 6 nitrogen and oxygen atoms in total. The summed E-state index contributed by atoms with van der Waals surface area (Å²) in [5.41, 5.74) is -0.734. The van der Waals surface area contributed by atoms with Crippen LogP contribution in [0.3, 0.4) is 0 Å². The number of nitrogens with zero attached hydrogens (tertiary/aromatic N) is 2. The molecular weight excluding hydrogens is 409 g/mol. The SMILES string of the molecule is COc1cccc2c1sc(=NC(=O)c1cccc(C(F)(F)F)c1)n2C(C)C(=O)O. The Morgan fingerprint density at radius 1 is 1.21 bits per heavy atom. The molecule has 0 spiro atoms. The molecule has 3 aromatic rings. The number of benzene rings is 2. The molecule has 0 aliphatic heterocycles. The Bertz CT molecular complexity index is 1160. The average Bonchev–Trinajstić information content (AvgIpc) is 3.04. The number of fused-ring (bicyclic) bond motifs is 1. The highest BCUT2D eigenvalue weighted by Gasteiger charge is 2.31. The van der Waals surface area contributed by atoms with Crippen LogP contribution in [-0.2, 0) is 11.0 Å². The molecule has 1 N–H and O–H groups in total. The summed E-state index contributed by atoms with van der Waals surface area (Å²) in [6, 6.07) is 7.83. The number of amides is 1. The van der Waals surface area contributed by atoms with Gasteiger partial charge in [-0.15, -0.1) is 0 Å². The van der Waals surface area contributed by atoms with Crippen LogP contribution in [-0.4, -0.2) is 28.7 Å². The van der Waals surface area contributed by atoms with E-state index in [1.165, 1.54) is 24.7 Å². The summed E-state index contributed by atoms with van der Waals surface area (Å²) in [6.45, 7) is 1.42. The van der Waals surface area contributed by atoms with Crippen LogP contribution in [0.5, 0.6) is 5.75 Å². The molecule has 1 aromatic heterocycles. The molecular formula is C19H15F3N2O4S. The summed E-state index contributed by atoms with van der Waals surface area (Å²) < 4.78 is 45.9. The maximum Gasteiger partial charge on any atom is 0.416 e. The number of alkyl halides is 3. The van der Waals surface area contributed by atoms with Crippen LogP contribution < -0.4 is 9.54 Å². The van der Waals surface area contributed by atoms with Crippen molar-refractivity contribution in [3.05, 3.63) is 58.4 Å². The third-order valence-electron chi connectivity index (χ3n) is 4.22. The third-order valence-corrected chi connectivity index (χ3v) is 5.30. The molecule has 1 amide bonds. The van der Waals surface area contributed by atoms with Gasteiger partial charge < -0.3 is 14.4 Å². The van der Waals surface area contributed by atoms with Crippen LogP contribution in [0.2, 0.25) is 0 Å². The molecule has 29 heavy (non-hydrogen) atoms. The predicted molar refractivity (Wildman–Crippen MR) is 100 cm³/mol. The van der Waals surface area contributed by atoms with E-state index in [1.54, 1.807) is 18.2 Å². The molecule has 0 aliphatic rings. The fourth-order valence-corrected chi connectivity index (χ4v) is 3.93. The number of methoxy groups -OCH3 is 1. The molecule has 3 rings (SSSR count). The van der Waals surface area contributed by atoms with Crippen molar-refractivity contribution in [2.45, 2.75) is 19.1 Å². The van der Waals surface area contributed by atoms with Crippen molar-refractivity contribution in [2.75, 3.05) is 7.11 Å².